The van der Waals surface area contributed by atoms with E-state index >= 15 is 0 Å². The lowest BCUT2D eigenvalue weighted by Crippen LogP contribution is -2.31. The van der Waals surface area contributed by atoms with Gasteiger partial charge in [0.2, 0.25) is 0 Å². The Morgan fingerprint density at radius 3 is 2.64 bits per heavy atom. The third-order valence-corrected chi connectivity index (χ3v) is 4.56. The molecule has 28 heavy (non-hydrogen) atoms. The number of carbonyl (C=O) groups excluding carboxylic acids is 1. The summed E-state index contributed by atoms with van der Waals surface area (Å²) in [6, 6.07) is 10.8. The van der Waals surface area contributed by atoms with E-state index in [4.69, 9.17) is 0 Å². The highest BCUT2D eigenvalue weighted by atomic mass is 19.4. The molecule has 0 fully saturated rings. The summed E-state index contributed by atoms with van der Waals surface area (Å²) >= 11 is 0. The number of nitrogens with one attached hydrogen (secondary N) is 2. The monoisotopic (exact) mass is 394 g/mol. The fourth-order valence-electron chi connectivity index (χ4n) is 3.23. The molecular formula is C20H21F3N2O3. The van der Waals surface area contributed by atoms with Crippen LogP contribution in [-0.4, -0.2) is 30.1 Å². The van der Waals surface area contributed by atoms with Crippen LogP contribution in [-0.2, 0) is 19.3 Å². The molecule has 0 bridgehead atoms. The summed E-state index contributed by atoms with van der Waals surface area (Å²) in [6.07, 6.45) is -2.64. The van der Waals surface area contributed by atoms with E-state index in [2.05, 4.69) is 15.4 Å². The van der Waals surface area contributed by atoms with Crippen molar-refractivity contribution in [2.75, 3.05) is 11.9 Å². The first-order valence-electron chi connectivity index (χ1n) is 8.98. The third kappa shape index (κ3) is 5.63. The molecule has 2 aromatic rings. The number of carbonyl (C=O) groups is 1. The summed E-state index contributed by atoms with van der Waals surface area (Å²) in [5, 5.41) is 15.4. The van der Waals surface area contributed by atoms with Gasteiger partial charge in [0, 0.05) is 18.7 Å². The van der Waals surface area contributed by atoms with Crippen LogP contribution in [0.5, 0.6) is 5.75 Å². The highest BCUT2D eigenvalue weighted by Gasteiger charge is 2.30. The zero-order chi connectivity index (χ0) is 20.1. The minimum Gasteiger partial charge on any atom is -0.406 e. The van der Waals surface area contributed by atoms with Gasteiger partial charge < -0.3 is 20.5 Å². The van der Waals surface area contributed by atoms with Crippen LogP contribution in [0.4, 0.5) is 23.7 Å². The van der Waals surface area contributed by atoms with E-state index in [1.54, 1.807) is 6.07 Å². The van der Waals surface area contributed by atoms with Gasteiger partial charge in [-0.05, 0) is 54.2 Å². The number of aliphatic hydroxyl groups is 1. The van der Waals surface area contributed by atoms with Gasteiger partial charge in [0.05, 0.1) is 6.10 Å². The molecule has 0 aromatic heterocycles. The number of aliphatic hydroxyl groups excluding tert-OH is 1. The molecule has 1 aliphatic carbocycles. The van der Waals surface area contributed by atoms with Gasteiger partial charge in [-0.15, -0.1) is 13.2 Å². The standard InChI is InChI=1S/C20H21F3N2O3/c21-20(22,23)28-16-8-4-13(5-9-16)10-11-24-19(27)25-18-3-1-2-14-6-7-15(26)12-17(14)18/h1-5,8-9,15,26H,6-7,10-12H2,(H2,24,25,27)/t15-/m1/s1. The molecule has 8 heteroatoms. The van der Waals surface area contributed by atoms with Crippen LogP contribution in [0.15, 0.2) is 42.5 Å². The Kier molecular flexibility index (Phi) is 6.08. The average molecular weight is 394 g/mol. The van der Waals surface area contributed by atoms with E-state index in [1.165, 1.54) is 24.3 Å². The lowest BCUT2D eigenvalue weighted by Gasteiger charge is -2.23. The van der Waals surface area contributed by atoms with E-state index in [0.717, 1.165) is 29.5 Å². The average Bonchev–Trinajstić information content (AvgIpc) is 2.62. The largest absolute Gasteiger partial charge is 0.573 e. The van der Waals surface area contributed by atoms with Gasteiger partial charge >= 0.3 is 12.4 Å². The first-order chi connectivity index (χ1) is 13.3. The van der Waals surface area contributed by atoms with Crippen molar-refractivity contribution in [3.63, 3.8) is 0 Å². The van der Waals surface area contributed by atoms with Gasteiger partial charge in [0.25, 0.3) is 0 Å². The predicted molar refractivity (Wildman–Crippen MR) is 98.3 cm³/mol. The number of benzene rings is 2. The number of hydrogen-bond donors (Lipinski definition) is 3. The van der Waals surface area contributed by atoms with Gasteiger partial charge in [-0.1, -0.05) is 24.3 Å². The number of ether oxygens (including phenoxy) is 1. The number of urea groups is 1. The van der Waals surface area contributed by atoms with Crippen molar-refractivity contribution >= 4 is 11.7 Å². The van der Waals surface area contributed by atoms with Crippen LogP contribution in [0.3, 0.4) is 0 Å². The van der Waals surface area contributed by atoms with Crippen molar-refractivity contribution in [2.24, 2.45) is 0 Å². The quantitative estimate of drug-likeness (QED) is 0.723. The molecule has 2 amide bonds. The Morgan fingerprint density at radius 1 is 1.18 bits per heavy atom. The Labute approximate surface area is 160 Å². The minimum atomic E-state index is -4.71. The van der Waals surface area contributed by atoms with Crippen LogP contribution in [0.2, 0.25) is 0 Å². The number of hydrogen-bond acceptors (Lipinski definition) is 3. The van der Waals surface area contributed by atoms with Gasteiger partial charge in [-0.3, -0.25) is 0 Å². The summed E-state index contributed by atoms with van der Waals surface area (Å²) in [5.41, 5.74) is 3.54. The molecule has 0 radical (unpaired) electrons. The van der Waals surface area contributed by atoms with E-state index in [1.807, 2.05) is 12.1 Å². The van der Waals surface area contributed by atoms with Crippen LogP contribution in [0, 0.1) is 0 Å². The molecule has 5 nitrogen and oxygen atoms in total. The third-order valence-electron chi connectivity index (χ3n) is 4.56. The molecule has 150 valence electrons. The first-order valence-corrected chi connectivity index (χ1v) is 8.98. The molecule has 2 aromatic carbocycles. The molecule has 0 aliphatic heterocycles. The second kappa shape index (κ2) is 8.52. The summed E-state index contributed by atoms with van der Waals surface area (Å²) in [6.45, 7) is 0.322. The van der Waals surface area contributed by atoms with Gasteiger partial charge in [-0.2, -0.15) is 0 Å². The van der Waals surface area contributed by atoms with Crippen LogP contribution < -0.4 is 15.4 Å². The van der Waals surface area contributed by atoms with Crippen molar-refractivity contribution in [1.82, 2.24) is 5.32 Å². The number of alkyl halides is 3. The molecule has 1 atom stereocenters. The fourth-order valence-corrected chi connectivity index (χ4v) is 3.23. The summed E-state index contributed by atoms with van der Waals surface area (Å²) in [5.74, 6) is -0.280. The smallest absolute Gasteiger partial charge is 0.406 e. The number of halogens is 3. The minimum absolute atomic E-state index is 0.280. The van der Waals surface area contributed by atoms with Crippen LogP contribution in [0.1, 0.15) is 23.1 Å². The topological polar surface area (TPSA) is 70.6 Å². The number of amides is 2. The SMILES string of the molecule is O=C(NCCc1ccc(OC(F)(F)F)cc1)Nc1cccc2c1C[C@H](O)CC2. The predicted octanol–water partition coefficient (Wildman–Crippen LogP) is 3.80. The molecule has 0 unspecified atom stereocenters. The second-order valence-electron chi connectivity index (χ2n) is 6.66. The molecule has 3 N–H and O–H groups in total. The van der Waals surface area contributed by atoms with E-state index in [9.17, 15) is 23.1 Å². The van der Waals surface area contributed by atoms with Crippen LogP contribution in [0.25, 0.3) is 0 Å². The second-order valence-corrected chi connectivity index (χ2v) is 6.66. The molecule has 1 aliphatic rings. The maximum atomic E-state index is 12.2. The summed E-state index contributed by atoms with van der Waals surface area (Å²) in [7, 11) is 0. The van der Waals surface area contributed by atoms with Crippen molar-refractivity contribution in [1.29, 1.82) is 0 Å². The van der Waals surface area contributed by atoms with E-state index in [-0.39, 0.29) is 11.8 Å². The zero-order valence-corrected chi connectivity index (χ0v) is 15.1. The number of fused-ring (bicyclic) bond motifs is 1. The Hall–Kier alpha value is -2.74. The van der Waals surface area contributed by atoms with Crippen LogP contribution >= 0.6 is 0 Å². The fraction of sp³-hybridized carbons (Fsp3) is 0.350. The Bertz CT molecular complexity index is 822. The number of aryl methyl sites for hydroxylation is 1. The van der Waals surface area contributed by atoms with Crippen molar-refractivity contribution < 1.29 is 27.8 Å². The van der Waals surface area contributed by atoms with Gasteiger partial charge in [-0.25, -0.2) is 4.79 Å². The molecule has 3 rings (SSSR count). The maximum absolute atomic E-state index is 12.2. The van der Waals surface area contributed by atoms with Crippen molar-refractivity contribution in [3.8, 4) is 5.75 Å². The number of rotatable bonds is 5. The van der Waals surface area contributed by atoms with Gasteiger partial charge in [0.1, 0.15) is 5.75 Å². The van der Waals surface area contributed by atoms with Crippen molar-refractivity contribution in [2.45, 2.75) is 38.1 Å². The normalized spacial score (nSPS) is 16.2. The number of anilines is 1. The Morgan fingerprint density at radius 2 is 1.93 bits per heavy atom. The highest BCUT2D eigenvalue weighted by Crippen LogP contribution is 2.28. The first kappa shape index (κ1) is 20.0. The van der Waals surface area contributed by atoms with Crippen molar-refractivity contribution in [3.05, 3.63) is 59.2 Å². The summed E-state index contributed by atoms with van der Waals surface area (Å²) < 4.78 is 40.3. The molecule has 0 heterocycles. The molecule has 0 saturated carbocycles. The van der Waals surface area contributed by atoms with E-state index < -0.39 is 12.5 Å². The highest BCUT2D eigenvalue weighted by molar-refractivity contribution is 5.90. The van der Waals surface area contributed by atoms with E-state index in [0.29, 0.717) is 25.1 Å². The molecule has 0 saturated heterocycles. The zero-order valence-electron chi connectivity index (χ0n) is 15.1. The lowest BCUT2D eigenvalue weighted by molar-refractivity contribution is -0.274. The molecular weight excluding hydrogens is 373 g/mol. The lowest BCUT2D eigenvalue weighted by atomic mass is 9.88. The Balaban J connectivity index is 1.49. The molecule has 0 spiro atoms. The maximum Gasteiger partial charge on any atom is 0.573 e. The summed E-state index contributed by atoms with van der Waals surface area (Å²) in [4.78, 5) is 12.2. The van der Waals surface area contributed by atoms with Gasteiger partial charge in [0.15, 0.2) is 0 Å².